The standard InChI is InChI=1S/C30H36N2O3/c1-5-34-29-22(4)30-26(24-11-6-7-12-27(24)35-30)19-25(29)21(3)18-28(33)32-15-13-31(14-16-32)23-10-8-9-20(2)17-23/h8-10,17-19H,5-7,11-16H2,1-4H3/b21-18+. The molecule has 1 amide bonds. The molecule has 1 aliphatic carbocycles. The van der Waals surface area contributed by atoms with Gasteiger partial charge in [0.1, 0.15) is 17.1 Å². The minimum absolute atomic E-state index is 0.0702. The number of fused-ring (bicyclic) bond motifs is 3. The van der Waals surface area contributed by atoms with Crippen molar-refractivity contribution in [1.82, 2.24) is 4.90 Å². The van der Waals surface area contributed by atoms with Gasteiger partial charge in [0, 0.05) is 66.4 Å². The Bertz CT molecular complexity index is 1280. The summed E-state index contributed by atoms with van der Waals surface area (Å²) >= 11 is 0. The summed E-state index contributed by atoms with van der Waals surface area (Å²) in [5.74, 6) is 2.02. The van der Waals surface area contributed by atoms with Crippen molar-refractivity contribution in [3.8, 4) is 5.75 Å². The second-order valence-corrected chi connectivity index (χ2v) is 9.88. The molecule has 1 saturated heterocycles. The first-order valence-electron chi connectivity index (χ1n) is 13.0. The van der Waals surface area contributed by atoms with E-state index < -0.39 is 0 Å². The number of carbonyl (C=O) groups is 1. The molecule has 5 rings (SSSR count). The fourth-order valence-electron chi connectivity index (χ4n) is 5.52. The summed E-state index contributed by atoms with van der Waals surface area (Å²) in [6.07, 6.45) is 6.23. The van der Waals surface area contributed by atoms with Crippen LogP contribution in [0.25, 0.3) is 16.5 Å². The molecule has 5 nitrogen and oxygen atoms in total. The Morgan fingerprint density at radius 3 is 2.60 bits per heavy atom. The third-order valence-corrected chi connectivity index (χ3v) is 7.44. The van der Waals surface area contributed by atoms with Gasteiger partial charge in [-0.05, 0) is 76.3 Å². The maximum atomic E-state index is 13.3. The Kier molecular flexibility index (Phi) is 6.59. The number of nitrogens with zero attached hydrogens (tertiary/aromatic N) is 2. The minimum Gasteiger partial charge on any atom is -0.493 e. The van der Waals surface area contributed by atoms with E-state index in [1.54, 1.807) is 6.08 Å². The molecule has 1 aromatic heterocycles. The van der Waals surface area contributed by atoms with Crippen molar-refractivity contribution in [3.63, 3.8) is 0 Å². The van der Waals surface area contributed by atoms with E-state index in [1.165, 1.54) is 35.0 Å². The van der Waals surface area contributed by atoms with E-state index in [2.05, 4.69) is 49.1 Å². The second kappa shape index (κ2) is 9.80. The highest BCUT2D eigenvalue weighted by Gasteiger charge is 2.24. The van der Waals surface area contributed by atoms with Crippen molar-refractivity contribution in [2.75, 3.05) is 37.7 Å². The number of amides is 1. The molecule has 0 saturated carbocycles. The number of carbonyl (C=O) groups excluding carboxylic acids is 1. The van der Waals surface area contributed by atoms with Crippen molar-refractivity contribution in [1.29, 1.82) is 0 Å². The maximum Gasteiger partial charge on any atom is 0.246 e. The largest absolute Gasteiger partial charge is 0.493 e. The first-order valence-corrected chi connectivity index (χ1v) is 13.0. The Hall–Kier alpha value is -3.21. The summed E-state index contributed by atoms with van der Waals surface area (Å²) in [4.78, 5) is 17.6. The zero-order chi connectivity index (χ0) is 24.5. The number of hydrogen-bond acceptors (Lipinski definition) is 4. The molecule has 0 unspecified atom stereocenters. The molecule has 2 heterocycles. The first kappa shape index (κ1) is 23.5. The lowest BCUT2D eigenvalue weighted by Gasteiger charge is -2.36. The molecular weight excluding hydrogens is 436 g/mol. The summed E-state index contributed by atoms with van der Waals surface area (Å²) in [7, 11) is 0. The van der Waals surface area contributed by atoms with Gasteiger partial charge in [-0.25, -0.2) is 0 Å². The normalized spacial score (nSPS) is 16.5. The van der Waals surface area contributed by atoms with E-state index in [4.69, 9.17) is 9.15 Å². The number of piperazine rings is 1. The summed E-state index contributed by atoms with van der Waals surface area (Å²) < 4.78 is 12.4. The molecular formula is C30H36N2O3. The van der Waals surface area contributed by atoms with Crippen LogP contribution in [0.4, 0.5) is 5.69 Å². The van der Waals surface area contributed by atoms with E-state index in [9.17, 15) is 4.79 Å². The van der Waals surface area contributed by atoms with Gasteiger partial charge in [0.2, 0.25) is 5.91 Å². The van der Waals surface area contributed by atoms with Gasteiger partial charge in [0.25, 0.3) is 0 Å². The Morgan fingerprint density at radius 1 is 1.09 bits per heavy atom. The first-order chi connectivity index (χ1) is 17.0. The van der Waals surface area contributed by atoms with Crippen LogP contribution in [0.5, 0.6) is 5.75 Å². The van der Waals surface area contributed by atoms with Crippen molar-refractivity contribution >= 4 is 28.1 Å². The average molecular weight is 473 g/mol. The average Bonchev–Trinajstić information content (AvgIpc) is 3.25. The zero-order valence-electron chi connectivity index (χ0n) is 21.4. The lowest BCUT2D eigenvalue weighted by atomic mass is 9.93. The van der Waals surface area contributed by atoms with Crippen LogP contribution in [-0.4, -0.2) is 43.6 Å². The molecule has 1 fully saturated rings. The second-order valence-electron chi connectivity index (χ2n) is 9.88. The SMILES string of the molecule is CCOc1c(/C(C)=C/C(=O)N2CCN(c3cccc(C)c3)CC2)cc2c3c(oc2c1C)CCCC3. The minimum atomic E-state index is 0.0702. The van der Waals surface area contributed by atoms with Gasteiger partial charge in [0.15, 0.2) is 0 Å². The molecule has 0 radical (unpaired) electrons. The number of benzene rings is 2. The zero-order valence-corrected chi connectivity index (χ0v) is 21.4. The van der Waals surface area contributed by atoms with Crippen LogP contribution in [-0.2, 0) is 17.6 Å². The maximum absolute atomic E-state index is 13.3. The van der Waals surface area contributed by atoms with Gasteiger partial charge >= 0.3 is 0 Å². The molecule has 5 heteroatoms. The number of hydrogen-bond donors (Lipinski definition) is 0. The molecule has 35 heavy (non-hydrogen) atoms. The molecule has 3 aromatic rings. The summed E-state index contributed by atoms with van der Waals surface area (Å²) in [6.45, 7) is 11.9. The molecule has 0 N–H and O–H groups in total. The number of allylic oxidation sites excluding steroid dienone is 1. The molecule has 0 atom stereocenters. The van der Waals surface area contributed by atoms with Crippen molar-refractivity contribution in [2.24, 2.45) is 0 Å². The predicted molar refractivity (Wildman–Crippen MR) is 142 cm³/mol. The number of furan rings is 1. The Labute approximate surface area is 208 Å². The molecule has 0 spiro atoms. The highest BCUT2D eigenvalue weighted by atomic mass is 16.5. The van der Waals surface area contributed by atoms with E-state index in [0.29, 0.717) is 6.61 Å². The van der Waals surface area contributed by atoms with E-state index in [1.807, 2.05) is 18.7 Å². The smallest absolute Gasteiger partial charge is 0.246 e. The van der Waals surface area contributed by atoms with E-state index in [0.717, 1.165) is 72.8 Å². The fraction of sp³-hybridized carbons (Fsp3) is 0.433. The van der Waals surface area contributed by atoms with Crippen molar-refractivity contribution in [3.05, 3.63) is 64.4 Å². The topological polar surface area (TPSA) is 45.9 Å². The van der Waals surface area contributed by atoms with Crippen LogP contribution in [0.2, 0.25) is 0 Å². The van der Waals surface area contributed by atoms with Crippen LogP contribution in [0, 0.1) is 13.8 Å². The van der Waals surface area contributed by atoms with Gasteiger partial charge < -0.3 is 19.0 Å². The third-order valence-electron chi connectivity index (χ3n) is 7.44. The summed E-state index contributed by atoms with van der Waals surface area (Å²) in [5.41, 5.74) is 7.74. The lowest BCUT2D eigenvalue weighted by Crippen LogP contribution is -2.48. The summed E-state index contributed by atoms with van der Waals surface area (Å²) in [5, 5.41) is 1.18. The molecule has 2 aromatic carbocycles. The molecule has 2 aliphatic rings. The number of aryl methyl sites for hydroxylation is 4. The van der Waals surface area contributed by atoms with Gasteiger partial charge in [-0.3, -0.25) is 4.79 Å². The van der Waals surface area contributed by atoms with Gasteiger partial charge in [-0.1, -0.05) is 12.1 Å². The van der Waals surface area contributed by atoms with Crippen LogP contribution in [0.15, 0.2) is 40.8 Å². The monoisotopic (exact) mass is 472 g/mol. The molecule has 1 aliphatic heterocycles. The number of anilines is 1. The van der Waals surface area contributed by atoms with Crippen LogP contribution in [0.3, 0.4) is 0 Å². The fourth-order valence-corrected chi connectivity index (χ4v) is 5.52. The number of ether oxygens (including phenoxy) is 1. The van der Waals surface area contributed by atoms with Crippen molar-refractivity contribution < 1.29 is 13.9 Å². The quantitative estimate of drug-likeness (QED) is 0.422. The van der Waals surface area contributed by atoms with Crippen LogP contribution >= 0.6 is 0 Å². The van der Waals surface area contributed by atoms with Crippen LogP contribution in [0.1, 0.15) is 54.7 Å². The van der Waals surface area contributed by atoms with Gasteiger partial charge in [0.05, 0.1) is 6.61 Å². The summed E-state index contributed by atoms with van der Waals surface area (Å²) in [6, 6.07) is 10.8. The highest BCUT2D eigenvalue weighted by Crippen LogP contribution is 2.41. The van der Waals surface area contributed by atoms with Gasteiger partial charge in [-0.2, -0.15) is 0 Å². The van der Waals surface area contributed by atoms with E-state index in [-0.39, 0.29) is 5.91 Å². The Morgan fingerprint density at radius 2 is 1.86 bits per heavy atom. The Balaban J connectivity index is 1.39. The van der Waals surface area contributed by atoms with Crippen molar-refractivity contribution in [2.45, 2.75) is 53.4 Å². The molecule has 0 bridgehead atoms. The van der Waals surface area contributed by atoms with E-state index >= 15 is 0 Å². The van der Waals surface area contributed by atoms with Gasteiger partial charge in [-0.15, -0.1) is 0 Å². The van der Waals surface area contributed by atoms with Crippen LogP contribution < -0.4 is 9.64 Å². The highest BCUT2D eigenvalue weighted by molar-refractivity contribution is 5.98. The lowest BCUT2D eigenvalue weighted by molar-refractivity contribution is -0.126. The number of rotatable bonds is 5. The predicted octanol–water partition coefficient (Wildman–Crippen LogP) is 6.08. The molecule has 184 valence electrons. The third kappa shape index (κ3) is 4.56.